The molecule has 0 fully saturated rings. The molecular formula is C17H13ClN2O3. The lowest BCUT2D eigenvalue weighted by molar-refractivity contribution is 0.103. The second-order valence-electron chi connectivity index (χ2n) is 5.08. The Morgan fingerprint density at radius 2 is 1.83 bits per heavy atom. The van der Waals surface area contributed by atoms with Crippen LogP contribution >= 0.6 is 11.6 Å². The highest BCUT2D eigenvalue weighted by Gasteiger charge is 2.24. The van der Waals surface area contributed by atoms with E-state index in [1.807, 2.05) is 6.07 Å². The van der Waals surface area contributed by atoms with Gasteiger partial charge < -0.3 is 10.1 Å². The first-order chi connectivity index (χ1) is 11.0. The second kappa shape index (κ2) is 5.78. The summed E-state index contributed by atoms with van der Waals surface area (Å²) in [5, 5.41) is 10.4. The third-order valence-corrected chi connectivity index (χ3v) is 3.85. The van der Waals surface area contributed by atoms with E-state index in [1.54, 1.807) is 42.5 Å². The number of benzene rings is 2. The molecule has 1 amide bonds. The van der Waals surface area contributed by atoms with Crippen LogP contribution in [0.5, 0.6) is 0 Å². The number of rotatable bonds is 3. The molecule has 6 heteroatoms. The van der Waals surface area contributed by atoms with Gasteiger partial charge >= 0.3 is 6.09 Å². The number of aromatic amines is 1. The van der Waals surface area contributed by atoms with Crippen LogP contribution in [0.15, 0.2) is 48.5 Å². The summed E-state index contributed by atoms with van der Waals surface area (Å²) in [6.45, 7) is 0. The Morgan fingerprint density at radius 3 is 2.48 bits per heavy atom. The van der Waals surface area contributed by atoms with Crippen molar-refractivity contribution in [2.75, 3.05) is 11.9 Å². The molecule has 0 aliphatic heterocycles. The quantitative estimate of drug-likeness (QED) is 0.709. The van der Waals surface area contributed by atoms with Gasteiger partial charge in [-0.25, -0.2) is 4.79 Å². The van der Waals surface area contributed by atoms with Gasteiger partial charge in [0, 0.05) is 28.5 Å². The summed E-state index contributed by atoms with van der Waals surface area (Å²) >= 11 is 5.98. The molecule has 0 unspecified atom stereocenters. The fourth-order valence-electron chi connectivity index (χ4n) is 2.50. The van der Waals surface area contributed by atoms with Gasteiger partial charge in [0.15, 0.2) is 0 Å². The average Bonchev–Trinajstić information content (AvgIpc) is 2.92. The largest absolute Gasteiger partial charge is 0.465 e. The van der Waals surface area contributed by atoms with Gasteiger partial charge in [0.2, 0.25) is 5.78 Å². The van der Waals surface area contributed by atoms with Gasteiger partial charge in [-0.1, -0.05) is 41.9 Å². The molecule has 0 aliphatic rings. The number of anilines is 1. The maximum absolute atomic E-state index is 12.8. The molecule has 3 aromatic rings. The second-order valence-corrected chi connectivity index (χ2v) is 5.51. The minimum atomic E-state index is -1.15. The molecule has 1 aromatic heterocycles. The summed E-state index contributed by atoms with van der Waals surface area (Å²) in [5.74, 6) is -0.277. The van der Waals surface area contributed by atoms with E-state index in [0.717, 1.165) is 4.90 Å². The number of hydrogen-bond acceptors (Lipinski definition) is 2. The van der Waals surface area contributed by atoms with Gasteiger partial charge in [-0.2, -0.15) is 0 Å². The summed E-state index contributed by atoms with van der Waals surface area (Å²) in [4.78, 5) is 28.2. The van der Waals surface area contributed by atoms with Gasteiger partial charge in [0.05, 0.1) is 5.69 Å². The van der Waals surface area contributed by atoms with Gasteiger partial charge in [-0.3, -0.25) is 9.69 Å². The predicted octanol–water partition coefficient (Wildman–Crippen LogP) is 4.17. The first kappa shape index (κ1) is 15.1. The van der Waals surface area contributed by atoms with Crippen molar-refractivity contribution in [3.8, 4) is 0 Å². The highest BCUT2D eigenvalue weighted by Crippen LogP contribution is 2.33. The Morgan fingerprint density at radius 1 is 1.13 bits per heavy atom. The van der Waals surface area contributed by atoms with Crippen molar-refractivity contribution in [1.82, 2.24) is 4.98 Å². The van der Waals surface area contributed by atoms with E-state index in [-0.39, 0.29) is 11.5 Å². The molecule has 0 saturated heterocycles. The summed E-state index contributed by atoms with van der Waals surface area (Å²) < 4.78 is 0. The number of nitrogens with zero attached hydrogens (tertiary/aromatic N) is 1. The topological polar surface area (TPSA) is 73.4 Å². The number of carbonyl (C=O) groups is 2. The zero-order chi connectivity index (χ0) is 16.6. The summed E-state index contributed by atoms with van der Waals surface area (Å²) in [6, 6.07) is 13.7. The number of halogens is 1. The van der Waals surface area contributed by atoms with E-state index in [4.69, 9.17) is 11.6 Å². The Kier molecular flexibility index (Phi) is 3.80. The van der Waals surface area contributed by atoms with Gasteiger partial charge in [0.25, 0.3) is 0 Å². The van der Waals surface area contributed by atoms with Crippen molar-refractivity contribution < 1.29 is 14.7 Å². The number of carboxylic acid groups (broad SMARTS) is 1. The zero-order valence-electron chi connectivity index (χ0n) is 12.2. The van der Waals surface area contributed by atoms with E-state index < -0.39 is 6.09 Å². The number of carbonyl (C=O) groups excluding carboxylic acids is 1. The molecule has 23 heavy (non-hydrogen) atoms. The van der Waals surface area contributed by atoms with Crippen molar-refractivity contribution in [2.24, 2.45) is 0 Å². The highest BCUT2D eigenvalue weighted by molar-refractivity contribution is 6.31. The normalized spacial score (nSPS) is 10.7. The lowest BCUT2D eigenvalue weighted by Crippen LogP contribution is -2.25. The molecule has 2 N–H and O–H groups in total. The van der Waals surface area contributed by atoms with Crippen LogP contribution in [0, 0.1) is 0 Å². The first-order valence-corrected chi connectivity index (χ1v) is 7.24. The zero-order valence-corrected chi connectivity index (χ0v) is 13.0. The van der Waals surface area contributed by atoms with Gasteiger partial charge in [0.1, 0.15) is 5.69 Å². The third kappa shape index (κ3) is 2.66. The number of ketones is 1. The van der Waals surface area contributed by atoms with E-state index in [1.165, 1.54) is 7.05 Å². The van der Waals surface area contributed by atoms with E-state index in [2.05, 4.69) is 4.98 Å². The van der Waals surface area contributed by atoms with E-state index in [0.29, 0.717) is 27.2 Å². The fraction of sp³-hybridized carbons (Fsp3) is 0.0588. The predicted molar refractivity (Wildman–Crippen MR) is 89.6 cm³/mol. The molecule has 0 radical (unpaired) electrons. The van der Waals surface area contributed by atoms with Crippen molar-refractivity contribution in [2.45, 2.75) is 0 Å². The van der Waals surface area contributed by atoms with Crippen LogP contribution in [-0.4, -0.2) is 29.0 Å². The van der Waals surface area contributed by atoms with Crippen LogP contribution in [0.2, 0.25) is 5.02 Å². The molecule has 0 bridgehead atoms. The maximum atomic E-state index is 12.8. The Hall–Kier alpha value is -2.79. The lowest BCUT2D eigenvalue weighted by atomic mass is 10.1. The first-order valence-electron chi connectivity index (χ1n) is 6.86. The number of aromatic nitrogens is 1. The van der Waals surface area contributed by atoms with E-state index >= 15 is 0 Å². The number of fused-ring (bicyclic) bond motifs is 1. The molecule has 116 valence electrons. The van der Waals surface area contributed by atoms with Crippen LogP contribution in [-0.2, 0) is 0 Å². The van der Waals surface area contributed by atoms with Crippen LogP contribution in [0.3, 0.4) is 0 Å². The SMILES string of the molecule is CN(C(=O)O)c1c(C(=O)c2ccccc2)[nH]c2cc(Cl)ccc12. The number of H-pyrrole nitrogens is 1. The number of amides is 1. The number of nitrogens with one attached hydrogen (secondary N) is 1. The minimum absolute atomic E-state index is 0.221. The molecule has 5 nitrogen and oxygen atoms in total. The van der Waals surface area contributed by atoms with Crippen LogP contribution in [0.25, 0.3) is 10.9 Å². The summed E-state index contributed by atoms with van der Waals surface area (Å²) in [6.07, 6.45) is -1.15. The molecule has 1 heterocycles. The monoisotopic (exact) mass is 328 g/mol. The molecular weight excluding hydrogens is 316 g/mol. The maximum Gasteiger partial charge on any atom is 0.411 e. The van der Waals surface area contributed by atoms with Crippen LogP contribution in [0.4, 0.5) is 10.5 Å². The Bertz CT molecular complexity index is 903. The average molecular weight is 329 g/mol. The molecule has 2 aromatic carbocycles. The smallest absolute Gasteiger partial charge is 0.411 e. The van der Waals surface area contributed by atoms with Crippen molar-refractivity contribution in [3.63, 3.8) is 0 Å². The van der Waals surface area contributed by atoms with Crippen molar-refractivity contribution >= 4 is 40.1 Å². The van der Waals surface area contributed by atoms with Crippen molar-refractivity contribution in [1.29, 1.82) is 0 Å². The molecule has 0 atom stereocenters. The van der Waals surface area contributed by atoms with Crippen LogP contribution < -0.4 is 4.90 Å². The molecule has 0 spiro atoms. The van der Waals surface area contributed by atoms with Gasteiger partial charge in [-0.05, 0) is 18.2 Å². The highest BCUT2D eigenvalue weighted by atomic mass is 35.5. The molecule has 0 saturated carbocycles. The molecule has 0 aliphatic carbocycles. The summed E-state index contributed by atoms with van der Waals surface area (Å²) in [5.41, 5.74) is 1.63. The summed E-state index contributed by atoms with van der Waals surface area (Å²) in [7, 11) is 1.40. The Balaban J connectivity index is 2.25. The third-order valence-electron chi connectivity index (χ3n) is 3.62. The lowest BCUT2D eigenvalue weighted by Gasteiger charge is -2.14. The van der Waals surface area contributed by atoms with E-state index in [9.17, 15) is 14.7 Å². The molecule has 3 rings (SSSR count). The van der Waals surface area contributed by atoms with Crippen molar-refractivity contribution in [3.05, 3.63) is 64.8 Å². The van der Waals surface area contributed by atoms with Gasteiger partial charge in [-0.15, -0.1) is 0 Å². The fourth-order valence-corrected chi connectivity index (χ4v) is 2.67. The minimum Gasteiger partial charge on any atom is -0.465 e. The number of hydrogen-bond donors (Lipinski definition) is 2. The van der Waals surface area contributed by atoms with Crippen LogP contribution in [0.1, 0.15) is 16.1 Å². The Labute approximate surface area is 137 Å². The standard InChI is InChI=1S/C17H13ClN2O3/c1-20(17(22)23)15-12-8-7-11(18)9-13(12)19-14(15)16(21)10-5-3-2-4-6-10/h2-9,19H,1H3,(H,22,23).